The van der Waals surface area contributed by atoms with Crippen molar-refractivity contribution >= 4 is 17.7 Å². The van der Waals surface area contributed by atoms with Crippen LogP contribution in [0.4, 0.5) is 0 Å². The second-order valence-corrected chi connectivity index (χ2v) is 18.6. The summed E-state index contributed by atoms with van der Waals surface area (Å²) in [7, 11) is 2.16. The molecule has 0 aliphatic carbocycles. The van der Waals surface area contributed by atoms with Crippen molar-refractivity contribution in [2.75, 3.05) is 0 Å². The summed E-state index contributed by atoms with van der Waals surface area (Å²) in [5, 5.41) is 0. The molecule has 1 nitrogen and oxygen atoms in total. The zero-order valence-corrected chi connectivity index (χ0v) is 17.3. The number of hydrogen-bond acceptors (Lipinski definition) is 0. The molecule has 0 bridgehead atoms. The van der Waals surface area contributed by atoms with Crippen LogP contribution in [0.3, 0.4) is 0 Å². The van der Waals surface area contributed by atoms with E-state index in [0.717, 1.165) is 6.42 Å². The molecule has 0 aliphatic rings. The van der Waals surface area contributed by atoms with E-state index in [1.165, 1.54) is 22.4 Å². The quantitative estimate of drug-likeness (QED) is 0.570. The molecule has 1 aromatic heterocycles. The number of aromatic nitrogens is 1. The SMILES string of the molecule is Cc1ccc(CC(C)C)cc1-c1c[c]([Ge]([CH3])([CH3])[CH3])cc[n+]1C. The van der Waals surface area contributed by atoms with Gasteiger partial charge in [-0.3, -0.25) is 0 Å². The van der Waals surface area contributed by atoms with Gasteiger partial charge in [0, 0.05) is 0 Å². The number of benzene rings is 1. The Hall–Kier alpha value is -1.09. The van der Waals surface area contributed by atoms with Gasteiger partial charge >= 0.3 is 139 Å². The van der Waals surface area contributed by atoms with Gasteiger partial charge in [-0.15, -0.1) is 0 Å². The summed E-state index contributed by atoms with van der Waals surface area (Å²) < 4.78 is 3.83. The Morgan fingerprint density at radius 3 is 2.32 bits per heavy atom. The van der Waals surface area contributed by atoms with Gasteiger partial charge in [0.15, 0.2) is 0 Å². The third kappa shape index (κ3) is 4.01. The Morgan fingerprint density at radius 1 is 1.05 bits per heavy atom. The molecule has 0 fully saturated rings. The van der Waals surface area contributed by atoms with Gasteiger partial charge in [0.1, 0.15) is 0 Å². The van der Waals surface area contributed by atoms with Crippen LogP contribution in [0, 0.1) is 12.8 Å². The Labute approximate surface area is 138 Å². The van der Waals surface area contributed by atoms with E-state index >= 15 is 0 Å². The van der Waals surface area contributed by atoms with Crippen LogP contribution < -0.4 is 8.96 Å². The molecule has 0 unspecified atom stereocenters. The first-order valence-electron chi connectivity index (χ1n) is 8.28. The fourth-order valence-electron chi connectivity index (χ4n) is 2.85. The Balaban J connectivity index is 2.55. The van der Waals surface area contributed by atoms with E-state index in [-0.39, 0.29) is 0 Å². The van der Waals surface area contributed by atoms with Gasteiger partial charge in [0.05, 0.1) is 0 Å². The summed E-state index contributed by atoms with van der Waals surface area (Å²) in [6.07, 6.45) is 3.38. The Morgan fingerprint density at radius 2 is 1.73 bits per heavy atom. The van der Waals surface area contributed by atoms with E-state index in [1.807, 2.05) is 0 Å². The molecule has 0 spiro atoms. The zero-order chi connectivity index (χ0) is 16.5. The molecule has 0 saturated carbocycles. The predicted octanol–water partition coefficient (Wildman–Crippen LogP) is 4.23. The Kier molecular flexibility index (Phi) is 5.16. The summed E-state index contributed by atoms with van der Waals surface area (Å²) in [4.78, 5) is 0. The molecule has 2 heteroatoms. The first-order valence-corrected chi connectivity index (χ1v) is 15.6. The van der Waals surface area contributed by atoms with E-state index in [9.17, 15) is 0 Å². The average Bonchev–Trinajstić information content (AvgIpc) is 2.40. The predicted molar refractivity (Wildman–Crippen MR) is 99.3 cm³/mol. The van der Waals surface area contributed by atoms with Crippen molar-refractivity contribution in [1.29, 1.82) is 0 Å². The third-order valence-corrected chi connectivity index (χ3v) is 8.52. The summed E-state index contributed by atoms with van der Waals surface area (Å²) in [6, 6.07) is 11.7. The average molecular weight is 357 g/mol. The molecular weight excluding hydrogens is 327 g/mol. The fraction of sp³-hybridized carbons (Fsp3) is 0.450. The molecule has 1 aromatic carbocycles. The van der Waals surface area contributed by atoms with Crippen LogP contribution in [-0.4, -0.2) is 13.3 Å². The van der Waals surface area contributed by atoms with Gasteiger partial charge in [0.2, 0.25) is 0 Å². The number of rotatable bonds is 4. The number of pyridine rings is 1. The van der Waals surface area contributed by atoms with Crippen LogP contribution >= 0.6 is 0 Å². The Bertz CT molecular complexity index is 666. The maximum atomic E-state index is 2.46. The van der Waals surface area contributed by atoms with Gasteiger partial charge in [-0.1, -0.05) is 0 Å². The molecule has 0 saturated heterocycles. The summed E-state index contributed by atoms with van der Waals surface area (Å²) >= 11 is -1.80. The van der Waals surface area contributed by atoms with E-state index in [4.69, 9.17) is 0 Å². The molecule has 0 aliphatic heterocycles. The van der Waals surface area contributed by atoms with Gasteiger partial charge in [-0.2, -0.15) is 0 Å². The van der Waals surface area contributed by atoms with Crippen molar-refractivity contribution in [3.63, 3.8) is 0 Å². The zero-order valence-electron chi connectivity index (χ0n) is 15.2. The molecule has 0 radical (unpaired) electrons. The summed E-state index contributed by atoms with van der Waals surface area (Å²) in [5.41, 5.74) is 5.54. The van der Waals surface area contributed by atoms with Crippen molar-refractivity contribution in [3.8, 4) is 11.3 Å². The molecule has 22 heavy (non-hydrogen) atoms. The first kappa shape index (κ1) is 17.3. The molecule has 0 N–H and O–H groups in total. The monoisotopic (exact) mass is 358 g/mol. The van der Waals surface area contributed by atoms with Crippen molar-refractivity contribution in [2.24, 2.45) is 13.0 Å². The molecule has 118 valence electrons. The molecule has 0 atom stereocenters. The third-order valence-electron chi connectivity index (χ3n) is 4.24. The number of nitrogens with zero attached hydrogens (tertiary/aromatic N) is 1. The second-order valence-electron chi connectivity index (χ2n) is 7.91. The molecule has 0 amide bonds. The fourth-order valence-corrected chi connectivity index (χ4v) is 5.25. The van der Waals surface area contributed by atoms with Crippen LogP contribution in [0.15, 0.2) is 36.5 Å². The van der Waals surface area contributed by atoms with Crippen molar-refractivity contribution in [2.45, 2.75) is 44.5 Å². The van der Waals surface area contributed by atoms with Gasteiger partial charge in [-0.05, 0) is 0 Å². The normalized spacial score (nSPS) is 12.0. The second kappa shape index (κ2) is 6.58. The topological polar surface area (TPSA) is 3.88 Å². The van der Waals surface area contributed by atoms with E-state index in [1.54, 1.807) is 4.40 Å². The van der Waals surface area contributed by atoms with Crippen molar-refractivity contribution < 1.29 is 4.57 Å². The first-order chi connectivity index (χ1) is 10.2. The van der Waals surface area contributed by atoms with Crippen LogP contribution in [0.25, 0.3) is 11.3 Å². The molecule has 2 rings (SSSR count). The van der Waals surface area contributed by atoms with Gasteiger partial charge in [-0.25, -0.2) is 0 Å². The van der Waals surface area contributed by atoms with E-state index in [0.29, 0.717) is 5.92 Å². The molecular formula is C20H30GeN+. The van der Waals surface area contributed by atoms with E-state index in [2.05, 4.69) is 86.2 Å². The number of aryl methyl sites for hydroxylation is 2. The summed E-state index contributed by atoms with van der Waals surface area (Å²) in [6.45, 7) is 6.79. The van der Waals surface area contributed by atoms with Gasteiger partial charge < -0.3 is 0 Å². The van der Waals surface area contributed by atoms with Crippen LogP contribution in [0.2, 0.25) is 17.3 Å². The molecule has 1 heterocycles. The van der Waals surface area contributed by atoms with Crippen molar-refractivity contribution in [3.05, 3.63) is 47.7 Å². The minimum atomic E-state index is -1.80. The van der Waals surface area contributed by atoms with Crippen LogP contribution in [0.1, 0.15) is 25.0 Å². The number of hydrogen-bond donors (Lipinski definition) is 0. The standard InChI is InChI=1S/C20H30GeN/c1-15(2)12-17-9-8-16(3)19(13-17)20-14-18(21(4,5)6)10-11-22(20)7/h8-11,13-15H,12H2,1-7H3/q+1. The van der Waals surface area contributed by atoms with Crippen molar-refractivity contribution in [1.82, 2.24) is 0 Å². The van der Waals surface area contributed by atoms with Crippen LogP contribution in [-0.2, 0) is 13.5 Å². The van der Waals surface area contributed by atoms with E-state index < -0.39 is 13.3 Å². The summed E-state index contributed by atoms with van der Waals surface area (Å²) in [5.74, 6) is 8.07. The van der Waals surface area contributed by atoms with Gasteiger partial charge in [0.25, 0.3) is 0 Å². The minimum absolute atomic E-state index is 0.695. The van der Waals surface area contributed by atoms with Crippen LogP contribution in [0.5, 0.6) is 0 Å². The molecule has 2 aromatic rings. The maximum absolute atomic E-state index is 2.46.